The molecule has 1 saturated carbocycles. The van der Waals surface area contributed by atoms with Gasteiger partial charge in [-0.05, 0) is 82.3 Å². The number of hydrogen-bond donors (Lipinski definition) is 1. The van der Waals surface area contributed by atoms with Gasteiger partial charge in [0.25, 0.3) is 0 Å². The fourth-order valence-electron chi connectivity index (χ4n) is 4.60. The number of nitrogens with one attached hydrogen (secondary N) is 1. The second kappa shape index (κ2) is 8.27. The smallest absolute Gasteiger partial charge is 0.224 e. The minimum atomic E-state index is -0.122. The van der Waals surface area contributed by atoms with Gasteiger partial charge in [0.2, 0.25) is 5.91 Å². The summed E-state index contributed by atoms with van der Waals surface area (Å²) in [6.07, 6.45) is 6.83. The van der Waals surface area contributed by atoms with Gasteiger partial charge in [-0.1, -0.05) is 12.1 Å². The molecule has 0 radical (unpaired) electrons. The predicted molar refractivity (Wildman–Crippen MR) is 105 cm³/mol. The highest BCUT2D eigenvalue weighted by Crippen LogP contribution is 2.26. The van der Waals surface area contributed by atoms with Crippen molar-refractivity contribution in [3.8, 4) is 0 Å². The van der Waals surface area contributed by atoms with Crippen LogP contribution in [0.25, 0.3) is 0 Å². The van der Waals surface area contributed by atoms with Gasteiger partial charge >= 0.3 is 0 Å². The molecule has 4 rings (SSSR count). The summed E-state index contributed by atoms with van der Waals surface area (Å²) in [4.78, 5) is 17.5. The lowest BCUT2D eigenvalue weighted by Gasteiger charge is -2.42. The van der Waals surface area contributed by atoms with Gasteiger partial charge in [-0.3, -0.25) is 14.6 Å². The Morgan fingerprint density at radius 2 is 1.93 bits per heavy atom. The number of hydrogen-bond acceptors (Lipinski definition) is 3. The zero-order valence-corrected chi connectivity index (χ0v) is 16.4. The molecule has 1 N–H and O–H groups in total. The maximum Gasteiger partial charge on any atom is 0.224 e. The molecule has 148 valence electrons. The molecular weight excluding hydrogens is 341 g/mol. The van der Waals surface area contributed by atoms with Crippen molar-refractivity contribution in [2.45, 2.75) is 64.1 Å². The average molecular weight is 374 g/mol. The van der Waals surface area contributed by atoms with Crippen LogP contribution in [-0.4, -0.2) is 54.0 Å². The summed E-state index contributed by atoms with van der Waals surface area (Å²) >= 11 is 0. The number of rotatable bonds is 5. The molecule has 1 atom stereocenters. The zero-order chi connectivity index (χ0) is 18.8. The van der Waals surface area contributed by atoms with Crippen LogP contribution in [0.2, 0.25) is 0 Å². The molecular formula is C22H32FN3O. The van der Waals surface area contributed by atoms with Crippen molar-refractivity contribution >= 4 is 5.91 Å². The standard InChI is InChI=1S/C22H32FN3O/c1-16-13-17(4-7-21(16)23)14-25-11-8-20(9-12-25)26-10-2-3-18(15-26)22(27)24-19-5-6-19/h4,7,13,18-20H,2-3,5-6,8-12,14-15H2,1H3,(H,24,27)/t18-/m0/s1. The molecule has 5 heteroatoms. The van der Waals surface area contributed by atoms with E-state index in [9.17, 15) is 9.18 Å². The number of amides is 1. The predicted octanol–water partition coefficient (Wildman–Crippen LogP) is 3.09. The number of carbonyl (C=O) groups excluding carboxylic acids is 1. The Bertz CT molecular complexity index is 668. The summed E-state index contributed by atoms with van der Waals surface area (Å²) in [5.41, 5.74) is 1.92. The number of benzene rings is 1. The zero-order valence-electron chi connectivity index (χ0n) is 16.4. The quantitative estimate of drug-likeness (QED) is 0.862. The Balaban J connectivity index is 1.25. The summed E-state index contributed by atoms with van der Waals surface area (Å²) in [5, 5.41) is 3.19. The Hall–Kier alpha value is -1.46. The molecule has 0 spiro atoms. The molecule has 1 amide bonds. The molecule has 3 aliphatic rings. The first-order valence-corrected chi connectivity index (χ1v) is 10.6. The number of nitrogens with zero attached hydrogens (tertiary/aromatic N) is 2. The van der Waals surface area contributed by atoms with Crippen LogP contribution in [0.3, 0.4) is 0 Å². The van der Waals surface area contributed by atoms with Gasteiger partial charge < -0.3 is 5.32 Å². The van der Waals surface area contributed by atoms with Crippen LogP contribution in [0.4, 0.5) is 4.39 Å². The number of aryl methyl sites for hydroxylation is 1. The number of piperidine rings is 2. The summed E-state index contributed by atoms with van der Waals surface area (Å²) in [5.74, 6) is 0.341. The van der Waals surface area contributed by atoms with Crippen LogP contribution >= 0.6 is 0 Å². The van der Waals surface area contributed by atoms with Crippen LogP contribution < -0.4 is 5.32 Å². The SMILES string of the molecule is Cc1cc(CN2CCC(N3CCC[C@H](C(=O)NC4CC4)C3)CC2)ccc1F. The molecule has 3 fully saturated rings. The maximum absolute atomic E-state index is 13.4. The highest BCUT2D eigenvalue weighted by atomic mass is 19.1. The largest absolute Gasteiger partial charge is 0.353 e. The van der Waals surface area contributed by atoms with E-state index in [2.05, 4.69) is 15.1 Å². The van der Waals surface area contributed by atoms with Gasteiger partial charge in [-0.2, -0.15) is 0 Å². The maximum atomic E-state index is 13.4. The Morgan fingerprint density at radius 1 is 1.15 bits per heavy atom. The topological polar surface area (TPSA) is 35.6 Å². The molecule has 0 unspecified atom stereocenters. The molecule has 27 heavy (non-hydrogen) atoms. The molecule has 1 aliphatic carbocycles. The van der Waals surface area contributed by atoms with Gasteiger partial charge in [-0.15, -0.1) is 0 Å². The van der Waals surface area contributed by atoms with E-state index in [1.165, 1.54) is 5.56 Å². The van der Waals surface area contributed by atoms with Crippen LogP contribution in [-0.2, 0) is 11.3 Å². The minimum absolute atomic E-state index is 0.122. The Morgan fingerprint density at radius 3 is 2.63 bits per heavy atom. The first-order chi connectivity index (χ1) is 13.1. The summed E-state index contributed by atoms with van der Waals surface area (Å²) in [6.45, 7) is 6.96. The van der Waals surface area contributed by atoms with Gasteiger partial charge in [0.05, 0.1) is 5.92 Å². The van der Waals surface area contributed by atoms with E-state index < -0.39 is 0 Å². The number of carbonyl (C=O) groups is 1. The van der Waals surface area contributed by atoms with Gasteiger partial charge in [0.1, 0.15) is 5.82 Å². The monoisotopic (exact) mass is 373 g/mol. The highest BCUT2D eigenvalue weighted by Gasteiger charge is 2.33. The van der Waals surface area contributed by atoms with Gasteiger partial charge in [0.15, 0.2) is 0 Å². The number of halogens is 1. The summed E-state index contributed by atoms with van der Waals surface area (Å²) < 4.78 is 13.4. The second-order valence-corrected chi connectivity index (χ2v) is 8.71. The third kappa shape index (κ3) is 4.88. The average Bonchev–Trinajstić information content (AvgIpc) is 3.49. The lowest BCUT2D eigenvalue weighted by atomic mass is 9.93. The van der Waals surface area contributed by atoms with E-state index in [0.29, 0.717) is 12.1 Å². The molecule has 0 aromatic heterocycles. The Kier molecular flexibility index (Phi) is 5.79. The fraction of sp³-hybridized carbons (Fsp3) is 0.682. The fourth-order valence-corrected chi connectivity index (χ4v) is 4.60. The van der Waals surface area contributed by atoms with E-state index in [1.807, 2.05) is 19.1 Å². The molecule has 2 aliphatic heterocycles. The van der Waals surface area contributed by atoms with Gasteiger partial charge in [0, 0.05) is 25.2 Å². The van der Waals surface area contributed by atoms with E-state index in [1.54, 1.807) is 6.07 Å². The van der Waals surface area contributed by atoms with Crippen LogP contribution in [0.1, 0.15) is 49.7 Å². The molecule has 1 aromatic rings. The van der Waals surface area contributed by atoms with Crippen LogP contribution in [0, 0.1) is 18.7 Å². The molecule has 1 aromatic carbocycles. The molecule has 0 bridgehead atoms. The van der Waals surface area contributed by atoms with Crippen molar-refractivity contribution in [3.63, 3.8) is 0 Å². The van der Waals surface area contributed by atoms with E-state index in [4.69, 9.17) is 0 Å². The summed E-state index contributed by atoms with van der Waals surface area (Å²) in [7, 11) is 0. The van der Waals surface area contributed by atoms with Crippen LogP contribution in [0.5, 0.6) is 0 Å². The van der Waals surface area contributed by atoms with Gasteiger partial charge in [-0.25, -0.2) is 4.39 Å². The normalized spacial score (nSPS) is 25.5. The summed E-state index contributed by atoms with van der Waals surface area (Å²) in [6, 6.07) is 6.52. The molecule has 4 nitrogen and oxygen atoms in total. The minimum Gasteiger partial charge on any atom is -0.353 e. The van der Waals surface area contributed by atoms with Crippen molar-refractivity contribution in [1.29, 1.82) is 0 Å². The lowest BCUT2D eigenvalue weighted by molar-refractivity contribution is -0.127. The molecule has 2 heterocycles. The van der Waals surface area contributed by atoms with Crippen molar-refractivity contribution in [1.82, 2.24) is 15.1 Å². The lowest BCUT2D eigenvalue weighted by Crippen LogP contribution is -2.50. The van der Waals surface area contributed by atoms with E-state index in [0.717, 1.165) is 76.8 Å². The van der Waals surface area contributed by atoms with Crippen molar-refractivity contribution in [3.05, 3.63) is 35.1 Å². The third-order valence-electron chi connectivity index (χ3n) is 6.45. The van der Waals surface area contributed by atoms with Crippen LogP contribution in [0.15, 0.2) is 18.2 Å². The first kappa shape index (κ1) is 18.9. The van der Waals surface area contributed by atoms with E-state index >= 15 is 0 Å². The van der Waals surface area contributed by atoms with Crippen molar-refractivity contribution < 1.29 is 9.18 Å². The molecule has 2 saturated heterocycles. The highest BCUT2D eigenvalue weighted by molar-refractivity contribution is 5.79. The van der Waals surface area contributed by atoms with Crippen molar-refractivity contribution in [2.75, 3.05) is 26.2 Å². The first-order valence-electron chi connectivity index (χ1n) is 10.6. The van der Waals surface area contributed by atoms with Crippen molar-refractivity contribution in [2.24, 2.45) is 5.92 Å². The Labute approximate surface area is 162 Å². The number of likely N-dealkylation sites (tertiary alicyclic amines) is 2. The second-order valence-electron chi connectivity index (χ2n) is 8.71. The third-order valence-corrected chi connectivity index (χ3v) is 6.45. The van der Waals surface area contributed by atoms with E-state index in [-0.39, 0.29) is 17.6 Å².